The molecule has 0 radical (unpaired) electrons. The first kappa shape index (κ1) is 31.1. The van der Waals surface area contributed by atoms with E-state index in [0.717, 1.165) is 42.6 Å². The Bertz CT molecular complexity index is 1100. The number of hydrogen-bond acceptors (Lipinski definition) is 0. The van der Waals surface area contributed by atoms with Gasteiger partial charge in [-0.2, -0.15) is 0 Å². The van der Waals surface area contributed by atoms with Crippen LogP contribution in [-0.2, 0) is 12.8 Å². The van der Waals surface area contributed by atoms with Crippen LogP contribution < -0.4 is 0 Å². The van der Waals surface area contributed by atoms with Crippen molar-refractivity contribution in [1.82, 2.24) is 0 Å². The van der Waals surface area contributed by atoms with Gasteiger partial charge in [0.2, 0.25) is 11.4 Å². The molecule has 39 heavy (non-hydrogen) atoms. The third kappa shape index (κ3) is 9.02. The van der Waals surface area contributed by atoms with Gasteiger partial charge < -0.3 is 5.53 Å². The maximum absolute atomic E-state index is 12.0. The van der Waals surface area contributed by atoms with Crippen molar-refractivity contribution in [2.75, 3.05) is 0 Å². The van der Waals surface area contributed by atoms with Gasteiger partial charge in [0.15, 0.2) is 0 Å². The van der Waals surface area contributed by atoms with E-state index in [9.17, 15) is 5.53 Å². The minimum atomic E-state index is 1.03. The van der Waals surface area contributed by atoms with Gasteiger partial charge in [-0.05, 0) is 86.8 Å². The molecule has 0 atom stereocenters. The van der Waals surface area contributed by atoms with Gasteiger partial charge in [-0.1, -0.05) is 110 Å². The summed E-state index contributed by atoms with van der Waals surface area (Å²) in [7, 11) is 0. The molecule has 212 valence electrons. The number of aryl methyl sites for hydroxylation is 2. The number of unbranched alkanes of at least 4 members (excludes halogenated alkanes) is 9. The maximum Gasteiger partial charge on any atom is 0.211 e. The summed E-state index contributed by atoms with van der Waals surface area (Å²) in [6.45, 7) is 9.08. The summed E-state index contributed by atoms with van der Waals surface area (Å²) in [5.74, 6) is 0. The monoisotopic (exact) mass is 526 g/mol. The molecule has 0 saturated heterocycles. The molecule has 3 rings (SSSR count). The molecule has 0 aliphatic carbocycles. The molecule has 2 aromatic carbocycles. The van der Waals surface area contributed by atoms with Crippen LogP contribution in [0.3, 0.4) is 0 Å². The molecule has 0 fully saturated rings. The summed E-state index contributed by atoms with van der Waals surface area (Å²) in [6.07, 6.45) is 20.3. The Morgan fingerprint density at radius 3 is 1.31 bits per heavy atom. The highest BCUT2D eigenvalue weighted by atomic mass is 15.2. The third-order valence-corrected chi connectivity index (χ3v) is 8.21. The van der Waals surface area contributed by atoms with E-state index in [1.165, 1.54) is 111 Å². The van der Waals surface area contributed by atoms with E-state index in [-0.39, 0.29) is 0 Å². The van der Waals surface area contributed by atoms with Gasteiger partial charge in [-0.3, -0.25) is 0 Å². The second-order valence-corrected chi connectivity index (χ2v) is 11.5. The highest BCUT2D eigenvalue weighted by Gasteiger charge is 2.35. The van der Waals surface area contributed by atoms with Crippen LogP contribution in [0, 0.1) is 0 Å². The van der Waals surface area contributed by atoms with Crippen LogP contribution in [-0.4, -0.2) is 4.70 Å². The van der Waals surface area contributed by atoms with Gasteiger partial charge in [-0.15, -0.1) is 0 Å². The molecular formula is C37H54N2. The van der Waals surface area contributed by atoms with Crippen molar-refractivity contribution in [2.45, 2.75) is 137 Å². The summed E-state index contributed by atoms with van der Waals surface area (Å²) in [5, 5.41) is 0. The molecule has 0 N–H and O–H groups in total. The highest BCUT2D eigenvalue weighted by Crippen LogP contribution is 2.44. The smallest absolute Gasteiger partial charge is 0.211 e. The Morgan fingerprint density at radius 2 is 0.872 bits per heavy atom. The SMILES string of the molecule is CCCCCCC1=C(c2cccc(CCCCC)c2)[N+](=[N-])C(c2cccc(CCCCC)c2)=C1CCCCC. The highest BCUT2D eigenvalue weighted by molar-refractivity contribution is 5.82. The van der Waals surface area contributed by atoms with E-state index in [0.29, 0.717) is 0 Å². The van der Waals surface area contributed by atoms with Crippen LogP contribution in [0.25, 0.3) is 16.9 Å². The van der Waals surface area contributed by atoms with Crippen molar-refractivity contribution >= 4 is 11.4 Å². The van der Waals surface area contributed by atoms with E-state index >= 15 is 0 Å². The molecule has 0 saturated carbocycles. The molecule has 2 nitrogen and oxygen atoms in total. The molecule has 0 unspecified atom stereocenters. The maximum atomic E-state index is 12.0. The second-order valence-electron chi connectivity index (χ2n) is 11.5. The van der Waals surface area contributed by atoms with E-state index in [2.05, 4.69) is 76.2 Å². The van der Waals surface area contributed by atoms with Crippen LogP contribution in [0.5, 0.6) is 0 Å². The molecule has 0 spiro atoms. The third-order valence-electron chi connectivity index (χ3n) is 8.21. The summed E-state index contributed by atoms with van der Waals surface area (Å²) in [6, 6.07) is 18.0. The summed E-state index contributed by atoms with van der Waals surface area (Å²) in [4.78, 5) is 0. The zero-order valence-corrected chi connectivity index (χ0v) is 25.5. The normalized spacial score (nSPS) is 13.7. The van der Waals surface area contributed by atoms with Crippen molar-refractivity contribution in [1.29, 1.82) is 0 Å². The fourth-order valence-electron chi connectivity index (χ4n) is 5.97. The van der Waals surface area contributed by atoms with Crippen molar-refractivity contribution in [3.05, 3.63) is 87.5 Å². The molecule has 1 heterocycles. The van der Waals surface area contributed by atoms with Crippen molar-refractivity contribution in [2.24, 2.45) is 0 Å². The largest absolute Gasteiger partial charge is 0.493 e. The van der Waals surface area contributed by atoms with Gasteiger partial charge in [0.25, 0.3) is 0 Å². The number of nitrogens with zero attached hydrogens (tertiary/aromatic N) is 2. The predicted molar refractivity (Wildman–Crippen MR) is 170 cm³/mol. The van der Waals surface area contributed by atoms with Crippen molar-refractivity contribution in [3.8, 4) is 0 Å². The van der Waals surface area contributed by atoms with E-state index in [1.54, 1.807) is 4.70 Å². The Kier molecular flexibility index (Phi) is 13.7. The van der Waals surface area contributed by atoms with Crippen LogP contribution in [0.1, 0.15) is 146 Å². The van der Waals surface area contributed by atoms with Crippen LogP contribution >= 0.6 is 0 Å². The Morgan fingerprint density at radius 1 is 0.487 bits per heavy atom. The van der Waals surface area contributed by atoms with Crippen LogP contribution in [0.2, 0.25) is 0 Å². The lowest BCUT2D eigenvalue weighted by Crippen LogP contribution is -2.03. The van der Waals surface area contributed by atoms with Gasteiger partial charge in [-0.25, -0.2) is 4.70 Å². The lowest BCUT2D eigenvalue weighted by Gasteiger charge is -2.12. The first-order valence-electron chi connectivity index (χ1n) is 16.3. The number of hydrogen-bond donors (Lipinski definition) is 0. The topological polar surface area (TPSA) is 25.3 Å². The summed E-state index contributed by atoms with van der Waals surface area (Å²) < 4.78 is 1.58. The summed E-state index contributed by atoms with van der Waals surface area (Å²) >= 11 is 0. The molecule has 2 aromatic rings. The fraction of sp³-hybridized carbons (Fsp3) is 0.568. The van der Waals surface area contributed by atoms with Crippen LogP contribution in [0.4, 0.5) is 0 Å². The van der Waals surface area contributed by atoms with Gasteiger partial charge >= 0.3 is 0 Å². The van der Waals surface area contributed by atoms with Crippen molar-refractivity contribution < 1.29 is 4.70 Å². The molecule has 0 amide bonds. The van der Waals surface area contributed by atoms with Crippen molar-refractivity contribution in [3.63, 3.8) is 0 Å². The Hall–Kier alpha value is -2.48. The molecule has 0 aromatic heterocycles. The van der Waals surface area contributed by atoms with E-state index in [4.69, 9.17) is 0 Å². The minimum absolute atomic E-state index is 1.03. The molecular weight excluding hydrogens is 472 g/mol. The Balaban J connectivity index is 2.05. The fourth-order valence-corrected chi connectivity index (χ4v) is 5.97. The van der Waals surface area contributed by atoms with Crippen LogP contribution in [0.15, 0.2) is 59.7 Å². The minimum Gasteiger partial charge on any atom is -0.493 e. The molecule has 2 heteroatoms. The average molecular weight is 527 g/mol. The quantitative estimate of drug-likeness (QED) is 0.128. The van der Waals surface area contributed by atoms with E-state index < -0.39 is 0 Å². The first-order valence-corrected chi connectivity index (χ1v) is 16.3. The molecule has 1 aliphatic rings. The zero-order valence-electron chi connectivity index (χ0n) is 25.5. The Labute approximate surface area is 240 Å². The molecule has 1 aliphatic heterocycles. The number of benzene rings is 2. The number of rotatable bonds is 19. The van der Waals surface area contributed by atoms with E-state index in [1.807, 2.05) is 0 Å². The second kappa shape index (κ2) is 17.3. The van der Waals surface area contributed by atoms with Gasteiger partial charge in [0.1, 0.15) is 0 Å². The van der Waals surface area contributed by atoms with Gasteiger partial charge in [0, 0.05) is 22.3 Å². The lowest BCUT2D eigenvalue weighted by atomic mass is 9.91. The lowest BCUT2D eigenvalue weighted by molar-refractivity contribution is -0.345. The average Bonchev–Trinajstić information content (AvgIpc) is 3.22. The zero-order chi connectivity index (χ0) is 27.9. The predicted octanol–water partition coefficient (Wildman–Crippen LogP) is 11.9. The molecule has 0 bridgehead atoms. The van der Waals surface area contributed by atoms with Gasteiger partial charge in [0.05, 0.1) is 0 Å². The first-order chi connectivity index (χ1) is 19.1. The summed E-state index contributed by atoms with van der Waals surface area (Å²) in [5.41, 5.74) is 21.9. The number of allylic oxidation sites excluding steroid dienone is 2. The standard InChI is InChI=1S/C37H54N2/c1-5-9-13-17-27-35-34(26-16-12-8-4)36(32-24-18-22-30(28-32)20-14-10-6-2)39(38)37(35)33-25-19-23-31(29-33)21-15-11-7-3/h18-19,22-25,28-29H,5-17,20-21,26-27H2,1-4H3.